The van der Waals surface area contributed by atoms with Gasteiger partial charge in [0.25, 0.3) is 0 Å². The van der Waals surface area contributed by atoms with Gasteiger partial charge in [0.05, 0.1) is 0 Å². The summed E-state index contributed by atoms with van der Waals surface area (Å²) in [6.07, 6.45) is 80.6. The van der Waals surface area contributed by atoms with Gasteiger partial charge in [0.2, 0.25) is 0 Å². The van der Waals surface area contributed by atoms with Crippen molar-refractivity contribution in [2.45, 2.75) is 309 Å². The molecular formula is C67H116O6. The third-order valence-corrected chi connectivity index (χ3v) is 13.4. The Morgan fingerprint density at radius 2 is 0.534 bits per heavy atom. The lowest BCUT2D eigenvalue weighted by atomic mass is 10.0. The van der Waals surface area contributed by atoms with Crippen molar-refractivity contribution in [3.63, 3.8) is 0 Å². The summed E-state index contributed by atoms with van der Waals surface area (Å²) in [5, 5.41) is 0. The van der Waals surface area contributed by atoms with Crippen LogP contribution in [0.5, 0.6) is 0 Å². The quantitative estimate of drug-likeness (QED) is 0.0261. The molecular weight excluding hydrogens is 901 g/mol. The molecule has 6 heteroatoms. The van der Waals surface area contributed by atoms with Crippen molar-refractivity contribution in [1.29, 1.82) is 0 Å². The van der Waals surface area contributed by atoms with E-state index in [0.29, 0.717) is 19.3 Å². The number of hydrogen-bond acceptors (Lipinski definition) is 6. The van der Waals surface area contributed by atoms with Crippen LogP contribution in [0.2, 0.25) is 0 Å². The number of carbonyl (C=O) groups excluding carboxylic acids is 3. The van der Waals surface area contributed by atoms with Gasteiger partial charge in [0.1, 0.15) is 13.2 Å². The fourth-order valence-electron chi connectivity index (χ4n) is 8.74. The average molecular weight is 1020 g/mol. The summed E-state index contributed by atoms with van der Waals surface area (Å²) in [6, 6.07) is 0. The van der Waals surface area contributed by atoms with E-state index in [4.69, 9.17) is 14.2 Å². The molecule has 0 aromatic heterocycles. The van der Waals surface area contributed by atoms with Gasteiger partial charge in [-0.25, -0.2) is 0 Å². The molecule has 1 atom stereocenters. The molecule has 0 saturated heterocycles. The number of ether oxygens (including phenoxy) is 3. The fraction of sp³-hybridized carbons (Fsp3) is 0.746. The SMILES string of the molecule is CC/C=C\C/C=C\C/C=C\C/C=C\C/C=C\CCCCCCCCCCCC(=O)OCC(COC(=O)CCCCCCC)OC(=O)CCCCCCCCCCCCCCC/C=C\C/C=C\CCCCCCC. The zero-order chi connectivity index (χ0) is 52.9. The molecule has 0 aliphatic carbocycles. The molecule has 6 nitrogen and oxygen atoms in total. The second-order valence-corrected chi connectivity index (χ2v) is 20.6. The van der Waals surface area contributed by atoms with Crippen molar-refractivity contribution in [2.24, 2.45) is 0 Å². The summed E-state index contributed by atoms with van der Waals surface area (Å²) in [5.41, 5.74) is 0. The minimum Gasteiger partial charge on any atom is -0.462 e. The third-order valence-electron chi connectivity index (χ3n) is 13.4. The van der Waals surface area contributed by atoms with Crippen molar-refractivity contribution in [3.05, 3.63) is 85.1 Å². The first-order chi connectivity index (χ1) is 36.0. The average Bonchev–Trinajstić information content (AvgIpc) is 3.39. The third kappa shape index (κ3) is 59.3. The Morgan fingerprint density at radius 1 is 0.288 bits per heavy atom. The molecule has 0 saturated carbocycles. The number of esters is 3. The Bertz CT molecular complexity index is 1400. The van der Waals surface area contributed by atoms with Gasteiger partial charge in [0, 0.05) is 19.3 Å². The molecule has 0 aliphatic heterocycles. The largest absolute Gasteiger partial charge is 0.462 e. The Morgan fingerprint density at radius 3 is 0.836 bits per heavy atom. The van der Waals surface area contributed by atoms with E-state index in [1.54, 1.807) is 0 Å². The Hall–Kier alpha value is -3.41. The molecule has 1 unspecified atom stereocenters. The predicted molar refractivity (Wildman–Crippen MR) is 316 cm³/mol. The molecule has 0 N–H and O–H groups in total. The molecule has 0 rings (SSSR count). The van der Waals surface area contributed by atoms with Crippen LogP contribution in [-0.2, 0) is 28.6 Å². The lowest BCUT2D eigenvalue weighted by Crippen LogP contribution is -2.30. The van der Waals surface area contributed by atoms with Gasteiger partial charge < -0.3 is 14.2 Å². The van der Waals surface area contributed by atoms with Crippen molar-refractivity contribution in [1.82, 2.24) is 0 Å². The van der Waals surface area contributed by atoms with Crippen LogP contribution < -0.4 is 0 Å². The monoisotopic (exact) mass is 1020 g/mol. The summed E-state index contributed by atoms with van der Waals surface area (Å²) >= 11 is 0. The summed E-state index contributed by atoms with van der Waals surface area (Å²) in [7, 11) is 0. The Balaban J connectivity index is 4.07. The molecule has 0 aliphatic rings. The summed E-state index contributed by atoms with van der Waals surface area (Å²) in [5.74, 6) is -0.890. The molecule has 0 bridgehead atoms. The molecule has 420 valence electrons. The highest BCUT2D eigenvalue weighted by Gasteiger charge is 2.19. The van der Waals surface area contributed by atoms with Gasteiger partial charge in [-0.05, 0) is 96.3 Å². The van der Waals surface area contributed by atoms with Crippen molar-refractivity contribution < 1.29 is 28.6 Å². The second kappa shape index (κ2) is 61.1. The molecule has 0 amide bonds. The van der Waals surface area contributed by atoms with Gasteiger partial charge in [-0.1, -0.05) is 273 Å². The van der Waals surface area contributed by atoms with E-state index in [0.717, 1.165) is 109 Å². The fourth-order valence-corrected chi connectivity index (χ4v) is 8.74. The molecule has 73 heavy (non-hydrogen) atoms. The topological polar surface area (TPSA) is 78.9 Å². The van der Waals surface area contributed by atoms with Crippen LogP contribution in [0.3, 0.4) is 0 Å². The van der Waals surface area contributed by atoms with Crippen LogP contribution in [-0.4, -0.2) is 37.2 Å². The molecule has 0 aromatic carbocycles. The lowest BCUT2D eigenvalue weighted by Gasteiger charge is -2.18. The van der Waals surface area contributed by atoms with Crippen molar-refractivity contribution in [2.75, 3.05) is 13.2 Å². The summed E-state index contributed by atoms with van der Waals surface area (Å²) < 4.78 is 16.8. The van der Waals surface area contributed by atoms with E-state index in [9.17, 15) is 14.4 Å². The van der Waals surface area contributed by atoms with Gasteiger partial charge in [-0.2, -0.15) is 0 Å². The number of carbonyl (C=O) groups is 3. The number of unbranched alkanes of at least 4 members (excludes halogenated alkanes) is 31. The molecule has 0 heterocycles. The Labute approximate surface area is 452 Å². The van der Waals surface area contributed by atoms with E-state index in [1.807, 2.05) is 0 Å². The van der Waals surface area contributed by atoms with Crippen LogP contribution in [0.15, 0.2) is 85.1 Å². The minimum atomic E-state index is -0.776. The van der Waals surface area contributed by atoms with Crippen LogP contribution in [0, 0.1) is 0 Å². The van der Waals surface area contributed by atoms with E-state index >= 15 is 0 Å². The van der Waals surface area contributed by atoms with Crippen LogP contribution >= 0.6 is 0 Å². The maximum atomic E-state index is 12.8. The van der Waals surface area contributed by atoms with E-state index < -0.39 is 6.10 Å². The predicted octanol–water partition coefficient (Wildman–Crippen LogP) is 21.1. The zero-order valence-electron chi connectivity index (χ0n) is 48.1. The zero-order valence-corrected chi connectivity index (χ0v) is 48.1. The van der Waals surface area contributed by atoms with E-state index in [1.165, 1.54) is 154 Å². The summed E-state index contributed by atoms with van der Waals surface area (Å²) in [4.78, 5) is 37.9. The molecule has 0 aromatic rings. The van der Waals surface area contributed by atoms with E-state index in [2.05, 4.69) is 106 Å². The van der Waals surface area contributed by atoms with Crippen molar-refractivity contribution >= 4 is 17.9 Å². The standard InChI is InChI=1S/C67H116O6/c1-4-7-10-13-15-17-19-21-23-25-27-29-31-33-35-37-39-41-43-45-47-49-51-54-57-60-66(69)72-63-64(62-71-65(68)59-56-53-12-9-6-3)73-67(70)61-58-55-52-50-48-46-44-42-40-38-36-34-32-30-28-26-24-22-20-18-16-14-11-8-5-2/h7,10,15,17,20-23,26-29,33,35,64H,4-6,8-9,11-14,16,18-19,24-25,30-32,34,36-63H2,1-3H3/b10-7-,17-15-,22-20-,23-21-,28-26-,29-27-,35-33-. The Kier molecular flexibility index (Phi) is 58.3. The number of allylic oxidation sites excluding steroid dienone is 14. The highest BCUT2D eigenvalue weighted by molar-refractivity contribution is 5.71. The van der Waals surface area contributed by atoms with Crippen LogP contribution in [0.4, 0.5) is 0 Å². The second-order valence-electron chi connectivity index (χ2n) is 20.6. The van der Waals surface area contributed by atoms with E-state index in [-0.39, 0.29) is 31.1 Å². The van der Waals surface area contributed by atoms with Crippen molar-refractivity contribution in [3.8, 4) is 0 Å². The minimum absolute atomic E-state index is 0.0779. The first-order valence-corrected chi connectivity index (χ1v) is 31.1. The first-order valence-electron chi connectivity index (χ1n) is 31.1. The van der Waals surface area contributed by atoms with Gasteiger partial charge in [-0.15, -0.1) is 0 Å². The smallest absolute Gasteiger partial charge is 0.306 e. The summed E-state index contributed by atoms with van der Waals surface area (Å²) in [6.45, 7) is 6.45. The number of rotatable bonds is 56. The van der Waals surface area contributed by atoms with Gasteiger partial charge in [0.15, 0.2) is 6.10 Å². The van der Waals surface area contributed by atoms with Crippen LogP contribution in [0.1, 0.15) is 303 Å². The highest BCUT2D eigenvalue weighted by Crippen LogP contribution is 2.16. The van der Waals surface area contributed by atoms with Crippen LogP contribution in [0.25, 0.3) is 0 Å². The lowest BCUT2D eigenvalue weighted by molar-refractivity contribution is -0.167. The maximum Gasteiger partial charge on any atom is 0.306 e. The normalized spacial score (nSPS) is 12.6. The van der Waals surface area contributed by atoms with Gasteiger partial charge >= 0.3 is 17.9 Å². The highest BCUT2D eigenvalue weighted by atomic mass is 16.6. The molecule has 0 fully saturated rings. The first kappa shape index (κ1) is 69.6. The molecule has 0 spiro atoms. The van der Waals surface area contributed by atoms with Gasteiger partial charge in [-0.3, -0.25) is 14.4 Å². The number of hydrogen-bond donors (Lipinski definition) is 0. The maximum absolute atomic E-state index is 12.8. The molecule has 0 radical (unpaired) electrons.